The summed E-state index contributed by atoms with van der Waals surface area (Å²) in [6, 6.07) is 28.6. The molecule has 2 nitrogen and oxygen atoms in total. The van der Waals surface area contributed by atoms with Crippen LogP contribution in [-0.2, 0) is 0 Å². The molecule has 0 saturated heterocycles. The predicted molar refractivity (Wildman–Crippen MR) is 120 cm³/mol. The van der Waals surface area contributed by atoms with Gasteiger partial charge in [-0.2, -0.15) is 0 Å². The van der Waals surface area contributed by atoms with Crippen molar-refractivity contribution >= 4 is 57.3 Å². The summed E-state index contributed by atoms with van der Waals surface area (Å²) in [5.41, 5.74) is 11.5. The molecule has 0 amide bonds. The predicted octanol–water partition coefficient (Wildman–Crippen LogP) is 3.93. The van der Waals surface area contributed by atoms with Crippen molar-refractivity contribution in [3.8, 4) is 16.8 Å². The van der Waals surface area contributed by atoms with Gasteiger partial charge in [-0.15, -0.1) is 0 Å². The average molecular weight is 354 g/mol. The van der Waals surface area contributed by atoms with Gasteiger partial charge >= 0.3 is 0 Å². The zero-order valence-electron chi connectivity index (χ0n) is 15.2. The highest BCUT2D eigenvalue weighted by molar-refractivity contribution is 7.02. The Balaban J connectivity index is 1.81. The smallest absolute Gasteiger partial charge is 0.251 e. The van der Waals surface area contributed by atoms with Crippen molar-refractivity contribution in [1.29, 1.82) is 0 Å². The van der Waals surface area contributed by atoms with Gasteiger partial charge in [0.1, 0.15) is 0 Å². The Labute approximate surface area is 162 Å². The molecule has 0 radical (unpaired) electrons. The molecule has 0 atom stereocenters. The van der Waals surface area contributed by atoms with Crippen molar-refractivity contribution in [1.82, 2.24) is 4.57 Å². The lowest BCUT2D eigenvalue weighted by molar-refractivity contribution is 1.19. The molecule has 0 aliphatic carbocycles. The highest BCUT2D eigenvalue weighted by atomic mass is 15.0. The van der Waals surface area contributed by atoms with Crippen molar-refractivity contribution in [2.45, 2.75) is 0 Å². The lowest BCUT2D eigenvalue weighted by atomic mass is 9.37. The third-order valence-corrected chi connectivity index (χ3v) is 6.49. The third kappa shape index (κ3) is 1.48. The monoisotopic (exact) mass is 354 g/mol. The van der Waals surface area contributed by atoms with Crippen LogP contribution in [0.25, 0.3) is 38.6 Å². The highest BCUT2D eigenvalue weighted by Gasteiger charge is 2.41. The maximum Gasteiger partial charge on any atom is 0.251 e. The summed E-state index contributed by atoms with van der Waals surface area (Å²) in [7, 11) is 0. The SMILES string of the molecule is C=Nc1ccc2c3ccccc3n3c2c1B1c2ccccc2-c2cccc-3c21. The second-order valence-electron chi connectivity index (χ2n) is 7.66. The molecule has 3 heterocycles. The molecule has 0 N–H and O–H groups in total. The molecule has 0 unspecified atom stereocenters. The van der Waals surface area contributed by atoms with Gasteiger partial charge in [0.2, 0.25) is 0 Å². The summed E-state index contributed by atoms with van der Waals surface area (Å²) < 4.78 is 2.44. The summed E-state index contributed by atoms with van der Waals surface area (Å²) in [5.74, 6) is 0. The molecular weight excluding hydrogens is 339 g/mol. The lowest BCUT2D eigenvalue weighted by Crippen LogP contribution is -2.53. The van der Waals surface area contributed by atoms with E-state index in [-0.39, 0.29) is 6.71 Å². The van der Waals surface area contributed by atoms with Crippen LogP contribution in [0.1, 0.15) is 0 Å². The summed E-state index contributed by atoms with van der Waals surface area (Å²) >= 11 is 0. The minimum Gasteiger partial charge on any atom is -0.310 e. The average Bonchev–Trinajstić information content (AvgIpc) is 3.27. The first-order valence-corrected chi connectivity index (χ1v) is 9.64. The Kier molecular flexibility index (Phi) is 2.49. The van der Waals surface area contributed by atoms with E-state index in [0.29, 0.717) is 0 Å². The Morgan fingerprint density at radius 2 is 1.54 bits per heavy atom. The van der Waals surface area contributed by atoms with Gasteiger partial charge in [-0.25, -0.2) is 0 Å². The molecule has 0 spiro atoms. The summed E-state index contributed by atoms with van der Waals surface area (Å²) in [6.07, 6.45) is 0. The number of para-hydroxylation sites is 1. The number of fused-ring (bicyclic) bond motifs is 8. The summed E-state index contributed by atoms with van der Waals surface area (Å²) in [4.78, 5) is 4.44. The van der Waals surface area contributed by atoms with Gasteiger partial charge in [-0.1, -0.05) is 66.1 Å². The minimum absolute atomic E-state index is 0.211. The van der Waals surface area contributed by atoms with E-state index < -0.39 is 0 Å². The summed E-state index contributed by atoms with van der Waals surface area (Å²) in [5, 5.41) is 2.58. The van der Waals surface area contributed by atoms with Gasteiger partial charge in [-0.05, 0) is 47.0 Å². The Hall–Kier alpha value is -3.59. The van der Waals surface area contributed by atoms with Gasteiger partial charge in [0, 0.05) is 16.5 Å². The number of nitrogens with zero attached hydrogens (tertiary/aromatic N) is 2. The minimum atomic E-state index is 0.211. The molecule has 28 heavy (non-hydrogen) atoms. The number of hydrogen-bond donors (Lipinski definition) is 0. The normalized spacial score (nSPS) is 13.1. The van der Waals surface area contributed by atoms with Crippen LogP contribution in [-0.4, -0.2) is 18.0 Å². The van der Waals surface area contributed by atoms with Crippen molar-refractivity contribution in [3.05, 3.63) is 78.9 Å². The van der Waals surface area contributed by atoms with Gasteiger partial charge in [0.25, 0.3) is 6.71 Å². The number of rotatable bonds is 1. The Morgan fingerprint density at radius 3 is 2.46 bits per heavy atom. The molecule has 0 bridgehead atoms. The number of aliphatic imine (C=N–C) groups is 1. The highest BCUT2D eigenvalue weighted by Crippen LogP contribution is 2.38. The fourth-order valence-corrected chi connectivity index (χ4v) is 5.48. The van der Waals surface area contributed by atoms with Gasteiger partial charge in [0.15, 0.2) is 0 Å². The molecule has 4 aromatic carbocycles. The van der Waals surface area contributed by atoms with E-state index in [1.54, 1.807) is 0 Å². The fourth-order valence-electron chi connectivity index (χ4n) is 5.48. The molecule has 7 rings (SSSR count). The molecule has 1 aromatic heterocycles. The van der Waals surface area contributed by atoms with Crippen LogP contribution >= 0.6 is 0 Å². The fraction of sp³-hybridized carbons (Fsp3) is 0. The van der Waals surface area contributed by atoms with Gasteiger partial charge in [0.05, 0.1) is 16.7 Å². The molecule has 5 aromatic rings. The van der Waals surface area contributed by atoms with Crippen LogP contribution in [0.4, 0.5) is 5.69 Å². The second-order valence-corrected chi connectivity index (χ2v) is 7.66. The zero-order chi connectivity index (χ0) is 18.4. The van der Waals surface area contributed by atoms with Crippen molar-refractivity contribution in [3.63, 3.8) is 0 Å². The van der Waals surface area contributed by atoms with E-state index in [9.17, 15) is 0 Å². The molecule has 2 aliphatic rings. The van der Waals surface area contributed by atoms with E-state index in [4.69, 9.17) is 0 Å². The Morgan fingerprint density at radius 1 is 0.714 bits per heavy atom. The third-order valence-electron chi connectivity index (χ3n) is 6.49. The standard InChI is InChI=1S/C25H15BN2/c1-27-20-14-13-18-16-8-3-5-11-21(16)28-22-12-6-9-17-15-7-2-4-10-19(15)26(23(17)22)24(20)25(18)28/h2-14H,1H2. The molecule has 3 heteroatoms. The van der Waals surface area contributed by atoms with E-state index >= 15 is 0 Å². The number of hydrogen-bond acceptors (Lipinski definition) is 1. The first-order valence-electron chi connectivity index (χ1n) is 9.64. The van der Waals surface area contributed by atoms with E-state index in [0.717, 1.165) is 5.69 Å². The van der Waals surface area contributed by atoms with E-state index in [1.807, 2.05) is 0 Å². The quantitative estimate of drug-likeness (QED) is 0.314. The first-order chi connectivity index (χ1) is 13.9. The first kappa shape index (κ1) is 14.5. The lowest BCUT2D eigenvalue weighted by Gasteiger charge is -2.25. The Bertz CT molecular complexity index is 1490. The molecular formula is C25H15BN2. The van der Waals surface area contributed by atoms with Crippen LogP contribution < -0.4 is 16.4 Å². The number of benzene rings is 4. The molecule has 0 fully saturated rings. The van der Waals surface area contributed by atoms with Crippen LogP contribution in [0.2, 0.25) is 0 Å². The van der Waals surface area contributed by atoms with Crippen molar-refractivity contribution in [2.75, 3.05) is 0 Å². The topological polar surface area (TPSA) is 17.3 Å². The van der Waals surface area contributed by atoms with Crippen molar-refractivity contribution in [2.24, 2.45) is 4.99 Å². The van der Waals surface area contributed by atoms with Gasteiger partial charge < -0.3 is 4.57 Å². The largest absolute Gasteiger partial charge is 0.310 e. The van der Waals surface area contributed by atoms with Crippen LogP contribution in [0, 0.1) is 0 Å². The zero-order valence-corrected chi connectivity index (χ0v) is 15.2. The summed E-state index contributed by atoms with van der Waals surface area (Å²) in [6.45, 7) is 4.10. The van der Waals surface area contributed by atoms with Gasteiger partial charge in [-0.3, -0.25) is 4.99 Å². The maximum atomic E-state index is 4.44. The van der Waals surface area contributed by atoms with E-state index in [2.05, 4.69) is 95.1 Å². The maximum absolute atomic E-state index is 4.44. The molecule has 128 valence electrons. The van der Waals surface area contributed by atoms with Crippen LogP contribution in [0.15, 0.2) is 83.9 Å². The van der Waals surface area contributed by atoms with Crippen molar-refractivity contribution < 1.29 is 0 Å². The van der Waals surface area contributed by atoms with Crippen LogP contribution in [0.5, 0.6) is 0 Å². The number of aromatic nitrogens is 1. The molecule has 0 saturated carbocycles. The second kappa shape index (κ2) is 4.82. The van der Waals surface area contributed by atoms with E-state index in [1.165, 1.54) is 55.0 Å². The molecule has 2 aliphatic heterocycles. The van der Waals surface area contributed by atoms with Crippen LogP contribution in [0.3, 0.4) is 0 Å².